The van der Waals surface area contributed by atoms with Gasteiger partial charge in [0.2, 0.25) is 5.91 Å². The number of ether oxygens (including phenoxy) is 1. The lowest BCUT2D eigenvalue weighted by Crippen LogP contribution is -2.41. The van der Waals surface area contributed by atoms with Gasteiger partial charge in [0.25, 0.3) is 5.91 Å². The van der Waals surface area contributed by atoms with Crippen LogP contribution in [0.15, 0.2) is 55.0 Å². The van der Waals surface area contributed by atoms with Crippen molar-refractivity contribution in [3.8, 4) is 5.75 Å². The summed E-state index contributed by atoms with van der Waals surface area (Å²) in [7, 11) is 1.72. The van der Waals surface area contributed by atoms with Crippen LogP contribution in [0.2, 0.25) is 0 Å². The van der Waals surface area contributed by atoms with Crippen molar-refractivity contribution in [1.82, 2.24) is 24.8 Å². The predicted molar refractivity (Wildman–Crippen MR) is 123 cm³/mol. The van der Waals surface area contributed by atoms with E-state index in [1.807, 2.05) is 49.4 Å². The number of nitrogens with zero attached hydrogens (tertiary/aromatic N) is 4. The van der Waals surface area contributed by atoms with E-state index >= 15 is 0 Å². The van der Waals surface area contributed by atoms with Crippen molar-refractivity contribution < 1.29 is 14.3 Å². The minimum Gasteiger partial charge on any atom is -0.490 e. The van der Waals surface area contributed by atoms with Gasteiger partial charge in [0, 0.05) is 26.2 Å². The molecule has 0 fully saturated rings. The summed E-state index contributed by atoms with van der Waals surface area (Å²) in [4.78, 5) is 39.3. The molecular weight excluding hydrogens is 420 g/mol. The lowest BCUT2D eigenvalue weighted by molar-refractivity contribution is -0.122. The van der Waals surface area contributed by atoms with E-state index in [1.165, 1.54) is 6.20 Å². The first-order valence-electron chi connectivity index (χ1n) is 10.7. The Morgan fingerprint density at radius 1 is 1.27 bits per heavy atom. The lowest BCUT2D eigenvalue weighted by atomic mass is 10.1. The van der Waals surface area contributed by atoms with Crippen molar-refractivity contribution in [2.24, 2.45) is 5.92 Å². The van der Waals surface area contributed by atoms with Crippen LogP contribution in [0.3, 0.4) is 0 Å². The van der Waals surface area contributed by atoms with E-state index in [4.69, 9.17) is 4.74 Å². The number of aryl methyl sites for hydroxylation is 1. The average molecular weight is 444 g/mol. The molecule has 0 aliphatic carbocycles. The summed E-state index contributed by atoms with van der Waals surface area (Å²) >= 11 is 0. The number of benzene rings is 2. The number of imidazole rings is 2. The highest BCUT2D eigenvalue weighted by atomic mass is 16.5. The molecular formula is C24H24N6O3. The fraction of sp³-hybridized carbons (Fsp3) is 0.250. The SMILES string of the molecule is Cc1nc2cc3c(cc2[nH]1)N(C)C(=O)C(CNC(=O)c1cncn1Cc1ccccc1)CO3. The highest BCUT2D eigenvalue weighted by molar-refractivity contribution is 6.00. The Hall–Kier alpha value is -4.14. The molecule has 1 aliphatic heterocycles. The van der Waals surface area contributed by atoms with Crippen LogP contribution in [0.25, 0.3) is 11.0 Å². The van der Waals surface area contributed by atoms with Crippen LogP contribution in [-0.2, 0) is 11.3 Å². The third-order valence-electron chi connectivity index (χ3n) is 5.81. The van der Waals surface area contributed by atoms with Gasteiger partial charge in [-0.3, -0.25) is 9.59 Å². The molecule has 33 heavy (non-hydrogen) atoms. The van der Waals surface area contributed by atoms with E-state index in [0.29, 0.717) is 23.7 Å². The van der Waals surface area contributed by atoms with Gasteiger partial charge >= 0.3 is 0 Å². The first-order valence-corrected chi connectivity index (χ1v) is 10.7. The van der Waals surface area contributed by atoms with Crippen LogP contribution in [0, 0.1) is 12.8 Å². The molecule has 9 nitrogen and oxygen atoms in total. The average Bonchev–Trinajstić information content (AvgIpc) is 3.40. The molecule has 2 aromatic heterocycles. The summed E-state index contributed by atoms with van der Waals surface area (Å²) in [5.41, 5.74) is 3.80. The number of hydrogen-bond donors (Lipinski definition) is 2. The number of carbonyl (C=O) groups is 2. The molecule has 9 heteroatoms. The van der Waals surface area contributed by atoms with Crippen molar-refractivity contribution in [3.05, 3.63) is 72.1 Å². The predicted octanol–water partition coefficient (Wildman–Crippen LogP) is 2.52. The standard InChI is InChI=1S/C24H24N6O3/c1-15-27-18-8-20-22(9-19(18)28-15)33-13-17(24(32)29(20)2)10-26-23(31)21-11-25-14-30(21)12-16-6-4-3-5-7-16/h3-9,11,14,17H,10,12-13H2,1-2H3,(H,26,31)(H,27,28). The molecule has 0 saturated carbocycles. The first kappa shape index (κ1) is 20.7. The molecule has 1 atom stereocenters. The van der Waals surface area contributed by atoms with E-state index in [1.54, 1.807) is 22.8 Å². The Morgan fingerprint density at radius 2 is 2.09 bits per heavy atom. The second-order valence-electron chi connectivity index (χ2n) is 8.17. The fourth-order valence-electron chi connectivity index (χ4n) is 4.05. The maximum Gasteiger partial charge on any atom is 0.269 e. The number of aromatic nitrogens is 4. The molecule has 3 heterocycles. The quantitative estimate of drug-likeness (QED) is 0.492. The number of amides is 2. The van der Waals surface area contributed by atoms with E-state index in [-0.39, 0.29) is 25.0 Å². The zero-order valence-electron chi connectivity index (χ0n) is 18.4. The monoisotopic (exact) mass is 444 g/mol. The van der Waals surface area contributed by atoms with Gasteiger partial charge in [-0.05, 0) is 18.6 Å². The van der Waals surface area contributed by atoms with Gasteiger partial charge in [-0.15, -0.1) is 0 Å². The third-order valence-corrected chi connectivity index (χ3v) is 5.81. The summed E-state index contributed by atoms with van der Waals surface area (Å²) in [5, 5.41) is 2.88. The van der Waals surface area contributed by atoms with Crippen molar-refractivity contribution in [2.75, 3.05) is 25.1 Å². The van der Waals surface area contributed by atoms with Gasteiger partial charge in [-0.1, -0.05) is 30.3 Å². The van der Waals surface area contributed by atoms with Gasteiger partial charge < -0.3 is 24.5 Å². The number of aromatic amines is 1. The molecule has 2 N–H and O–H groups in total. The maximum absolute atomic E-state index is 13.1. The maximum atomic E-state index is 13.1. The molecule has 0 radical (unpaired) electrons. The molecule has 168 valence electrons. The molecule has 2 aromatic carbocycles. The topological polar surface area (TPSA) is 105 Å². The third kappa shape index (κ3) is 4.05. The summed E-state index contributed by atoms with van der Waals surface area (Å²) in [6, 6.07) is 13.5. The van der Waals surface area contributed by atoms with E-state index in [2.05, 4.69) is 20.3 Å². The second kappa shape index (κ2) is 8.42. The van der Waals surface area contributed by atoms with Gasteiger partial charge in [0.05, 0.1) is 35.2 Å². The number of H-pyrrole nitrogens is 1. The highest BCUT2D eigenvalue weighted by Gasteiger charge is 2.30. The van der Waals surface area contributed by atoms with Gasteiger partial charge in [0.1, 0.15) is 23.9 Å². The number of rotatable bonds is 5. The number of hydrogen-bond acceptors (Lipinski definition) is 5. The molecule has 0 bridgehead atoms. The van der Waals surface area contributed by atoms with Crippen LogP contribution in [0.4, 0.5) is 5.69 Å². The minimum absolute atomic E-state index is 0.123. The normalized spacial score (nSPS) is 15.8. The molecule has 0 spiro atoms. The summed E-state index contributed by atoms with van der Waals surface area (Å²) in [5.74, 6) is 0.465. The van der Waals surface area contributed by atoms with Crippen LogP contribution < -0.4 is 15.0 Å². The fourth-order valence-corrected chi connectivity index (χ4v) is 4.05. The molecule has 0 saturated heterocycles. The Kier molecular flexibility index (Phi) is 5.29. The number of fused-ring (bicyclic) bond motifs is 2. The number of nitrogens with one attached hydrogen (secondary N) is 2. The van der Waals surface area contributed by atoms with Crippen molar-refractivity contribution in [1.29, 1.82) is 0 Å². The number of anilines is 1. The smallest absolute Gasteiger partial charge is 0.269 e. The summed E-state index contributed by atoms with van der Waals surface area (Å²) in [6.45, 7) is 2.73. The molecule has 2 amide bonds. The second-order valence-corrected chi connectivity index (χ2v) is 8.17. The van der Waals surface area contributed by atoms with Crippen molar-refractivity contribution in [2.45, 2.75) is 13.5 Å². The molecule has 1 aliphatic rings. The summed E-state index contributed by atoms with van der Waals surface area (Å²) < 4.78 is 7.75. The highest BCUT2D eigenvalue weighted by Crippen LogP contribution is 2.35. The van der Waals surface area contributed by atoms with Crippen LogP contribution in [0.5, 0.6) is 5.75 Å². The van der Waals surface area contributed by atoms with Crippen LogP contribution in [-0.4, -0.2) is 51.5 Å². The van der Waals surface area contributed by atoms with Crippen molar-refractivity contribution >= 4 is 28.5 Å². The molecule has 5 rings (SSSR count). The largest absolute Gasteiger partial charge is 0.490 e. The molecule has 4 aromatic rings. The van der Waals surface area contributed by atoms with Crippen LogP contribution in [0.1, 0.15) is 21.9 Å². The zero-order chi connectivity index (χ0) is 22.9. The molecule has 1 unspecified atom stereocenters. The van der Waals surface area contributed by atoms with Crippen LogP contribution >= 0.6 is 0 Å². The van der Waals surface area contributed by atoms with E-state index in [0.717, 1.165) is 22.4 Å². The Morgan fingerprint density at radius 3 is 2.91 bits per heavy atom. The first-order chi connectivity index (χ1) is 16.0. The number of carbonyl (C=O) groups excluding carboxylic acids is 2. The Bertz CT molecular complexity index is 1330. The zero-order valence-corrected chi connectivity index (χ0v) is 18.4. The van der Waals surface area contributed by atoms with E-state index < -0.39 is 5.92 Å². The summed E-state index contributed by atoms with van der Waals surface area (Å²) in [6.07, 6.45) is 3.16. The van der Waals surface area contributed by atoms with Gasteiger partial charge in [-0.2, -0.15) is 0 Å². The minimum atomic E-state index is -0.523. The van der Waals surface area contributed by atoms with E-state index in [9.17, 15) is 9.59 Å². The lowest BCUT2D eigenvalue weighted by Gasteiger charge is -2.20. The van der Waals surface area contributed by atoms with Gasteiger partial charge in [-0.25, -0.2) is 9.97 Å². The Labute approximate surface area is 190 Å². The Balaban J connectivity index is 1.28. The van der Waals surface area contributed by atoms with Crippen molar-refractivity contribution in [3.63, 3.8) is 0 Å². The van der Waals surface area contributed by atoms with Gasteiger partial charge in [0.15, 0.2) is 0 Å².